The molecule has 0 aliphatic rings. The zero-order valence-electron chi connectivity index (χ0n) is 46.5. The molecule has 0 unspecified atom stereocenters. The molecule has 19 nitrogen and oxygen atoms in total. The minimum Gasteiger partial charge on any atom is -0.460 e. The fourth-order valence-electron chi connectivity index (χ4n) is 6.60. The number of nitrogens with zero attached hydrogens (tertiary/aromatic N) is 1. The van der Waals surface area contributed by atoms with Gasteiger partial charge in [0.1, 0.15) is 39.6 Å². The summed E-state index contributed by atoms with van der Waals surface area (Å²) in [6.07, 6.45) is 0. The number of rotatable bonds is 39. The quantitative estimate of drug-likeness (QED) is 0.0225. The van der Waals surface area contributed by atoms with E-state index in [4.69, 9.17) is 56.8 Å². The molecule has 0 saturated heterocycles. The number of hydrogen-bond acceptors (Lipinski definition) is 19. The second kappa shape index (κ2) is 35.8. The van der Waals surface area contributed by atoms with Crippen LogP contribution >= 0.6 is 0 Å². The van der Waals surface area contributed by atoms with Crippen LogP contribution in [0.5, 0.6) is 0 Å². The summed E-state index contributed by atoms with van der Waals surface area (Å²) in [5, 5.41) is 0. The van der Waals surface area contributed by atoms with Crippen molar-refractivity contribution in [1.29, 1.82) is 0 Å². The summed E-state index contributed by atoms with van der Waals surface area (Å²) in [6, 6.07) is 17.3. The lowest BCUT2D eigenvalue weighted by atomic mass is 10.0. The van der Waals surface area contributed by atoms with E-state index in [-0.39, 0.29) is 152 Å². The van der Waals surface area contributed by atoms with Gasteiger partial charge in [-0.2, -0.15) is 0 Å². The summed E-state index contributed by atoms with van der Waals surface area (Å²) in [6.45, 7) is 31.9. The first-order valence-electron chi connectivity index (χ1n) is 25.3. The van der Waals surface area contributed by atoms with Crippen LogP contribution < -0.4 is 4.90 Å². The van der Waals surface area contributed by atoms with Gasteiger partial charge >= 0.3 is 35.8 Å². The van der Waals surface area contributed by atoms with E-state index in [1.807, 2.05) is 59.5 Å². The van der Waals surface area contributed by atoms with Gasteiger partial charge in [-0.25, -0.2) is 28.8 Å². The van der Waals surface area contributed by atoms with E-state index in [2.05, 4.69) is 39.5 Å². The Morgan fingerprint density at radius 1 is 0.278 bits per heavy atom. The number of ether oxygens (including phenoxy) is 12. The van der Waals surface area contributed by atoms with Crippen molar-refractivity contribution in [3.63, 3.8) is 0 Å². The van der Waals surface area contributed by atoms with Gasteiger partial charge in [-0.15, -0.1) is 0 Å². The smallest absolute Gasteiger partial charge is 0.333 e. The average Bonchev–Trinajstić information content (AvgIpc) is 3.40. The first-order valence-corrected chi connectivity index (χ1v) is 25.3. The average molecular weight is 1100 g/mol. The fourth-order valence-corrected chi connectivity index (χ4v) is 6.60. The normalized spacial score (nSPS) is 10.7. The molecule has 0 spiro atoms. The van der Waals surface area contributed by atoms with Crippen molar-refractivity contribution in [2.75, 3.05) is 84.2 Å². The Morgan fingerprint density at radius 2 is 0.430 bits per heavy atom. The Morgan fingerprint density at radius 3 is 0.570 bits per heavy atom. The molecule has 0 saturated carbocycles. The molecule has 3 aromatic rings. The molecule has 0 aromatic heterocycles. The van der Waals surface area contributed by atoms with Crippen molar-refractivity contribution in [1.82, 2.24) is 0 Å². The largest absolute Gasteiger partial charge is 0.460 e. The van der Waals surface area contributed by atoms with Crippen LogP contribution in [0.2, 0.25) is 0 Å². The first kappa shape index (κ1) is 65.8. The molecule has 19 heteroatoms. The van der Waals surface area contributed by atoms with Gasteiger partial charge in [-0.05, 0) is 111 Å². The zero-order chi connectivity index (χ0) is 58.3. The van der Waals surface area contributed by atoms with Crippen LogP contribution in [0.25, 0.3) is 0 Å². The predicted octanol–water partition coefficient (Wildman–Crippen LogP) is 8.97. The van der Waals surface area contributed by atoms with Gasteiger partial charge in [-0.3, -0.25) is 0 Å². The minimum atomic E-state index is -0.542. The van der Waals surface area contributed by atoms with Gasteiger partial charge in [0.25, 0.3) is 0 Å². The predicted molar refractivity (Wildman–Crippen MR) is 294 cm³/mol. The molecule has 0 atom stereocenters. The lowest BCUT2D eigenvalue weighted by molar-refractivity contribution is -0.141. The topological polar surface area (TPSA) is 216 Å². The molecule has 3 aromatic carbocycles. The summed E-state index contributed by atoms with van der Waals surface area (Å²) >= 11 is 0. The molecule has 0 N–H and O–H groups in total. The number of carbonyl (C=O) groups excluding carboxylic acids is 6. The standard InChI is InChI=1S/C60H75NO18/c1-40(2)55(62)74-19-13-68-34-46-25-47(35-69-14-20-75-56(63)41(3)4)29-52(28-46)61(53-30-48(36-70-15-21-76-57(64)42(5)6)26-49(31-53)37-71-16-22-77-58(65)43(7)8)54-32-50(38-72-17-23-78-59(66)44(9)10)27-51(33-54)39-73-18-24-79-60(67)45(11)12/h25-33H,1,3,5,7,9,11,13-24,34-39H2,2,4,6,8,10,12H3. The molecule has 0 aliphatic carbocycles. The van der Waals surface area contributed by atoms with Crippen molar-refractivity contribution >= 4 is 52.9 Å². The molecule has 0 radical (unpaired) electrons. The number of benzene rings is 3. The van der Waals surface area contributed by atoms with Gasteiger partial charge in [0.15, 0.2) is 0 Å². The molecule has 0 bridgehead atoms. The minimum absolute atomic E-state index is 0.0187. The first-order chi connectivity index (χ1) is 37.6. The third-order valence-corrected chi connectivity index (χ3v) is 10.4. The highest BCUT2D eigenvalue weighted by molar-refractivity contribution is 5.89. The molecular formula is C60H75NO18. The second-order valence-corrected chi connectivity index (χ2v) is 18.2. The lowest BCUT2D eigenvalue weighted by Gasteiger charge is -2.29. The van der Waals surface area contributed by atoms with Crippen molar-refractivity contribution in [2.45, 2.75) is 81.2 Å². The molecule has 0 heterocycles. The maximum absolute atomic E-state index is 12.1. The summed E-state index contributed by atoms with van der Waals surface area (Å²) in [5.74, 6) is -3.25. The van der Waals surface area contributed by atoms with Crippen LogP contribution in [0.4, 0.5) is 17.1 Å². The second-order valence-electron chi connectivity index (χ2n) is 18.2. The van der Waals surface area contributed by atoms with E-state index in [0.29, 0.717) is 50.4 Å². The Hall–Kier alpha value is -7.52. The summed E-state index contributed by atoms with van der Waals surface area (Å²) in [7, 11) is 0. The third kappa shape index (κ3) is 26.1. The maximum atomic E-state index is 12.1. The highest BCUT2D eigenvalue weighted by Gasteiger charge is 2.20. The number of anilines is 3. The van der Waals surface area contributed by atoms with E-state index in [1.54, 1.807) is 41.5 Å². The summed E-state index contributed by atoms with van der Waals surface area (Å²) < 4.78 is 67.9. The van der Waals surface area contributed by atoms with E-state index in [9.17, 15) is 28.8 Å². The molecule has 79 heavy (non-hydrogen) atoms. The van der Waals surface area contributed by atoms with Crippen LogP contribution in [0.3, 0.4) is 0 Å². The highest BCUT2D eigenvalue weighted by atomic mass is 16.6. The van der Waals surface area contributed by atoms with Gasteiger partial charge < -0.3 is 61.7 Å². The van der Waals surface area contributed by atoms with Crippen molar-refractivity contribution < 1.29 is 85.6 Å². The Balaban J connectivity index is 2.27. The van der Waals surface area contributed by atoms with Gasteiger partial charge in [0.2, 0.25) is 0 Å². The van der Waals surface area contributed by atoms with Crippen LogP contribution in [0.15, 0.2) is 128 Å². The molecular weight excluding hydrogens is 1020 g/mol. The number of esters is 6. The van der Waals surface area contributed by atoms with Crippen LogP contribution in [0.1, 0.15) is 74.9 Å². The monoisotopic (exact) mass is 1100 g/mol. The Kier molecular flexibility index (Phi) is 29.8. The molecule has 428 valence electrons. The van der Waals surface area contributed by atoms with E-state index >= 15 is 0 Å². The molecule has 0 aliphatic heterocycles. The SMILES string of the molecule is C=C(C)C(=O)OCCOCc1cc(COCCOC(=O)C(=C)C)cc(N(c2cc(COCCOC(=O)C(=C)C)cc(COCCOC(=O)C(=C)C)c2)c2cc(COCCOC(=O)C(=C)C)cc(COCCOC(=O)C(=C)C)c2)c1. The van der Waals surface area contributed by atoms with Crippen molar-refractivity contribution in [3.05, 3.63) is 161 Å². The Labute approximate surface area is 463 Å². The van der Waals surface area contributed by atoms with Crippen molar-refractivity contribution in [3.8, 4) is 0 Å². The van der Waals surface area contributed by atoms with Crippen molar-refractivity contribution in [2.24, 2.45) is 0 Å². The number of carbonyl (C=O) groups is 6. The van der Waals surface area contributed by atoms with E-state index < -0.39 is 35.8 Å². The fraction of sp³-hybridized carbons (Fsp3) is 0.400. The van der Waals surface area contributed by atoms with E-state index in [1.165, 1.54) is 0 Å². The van der Waals surface area contributed by atoms with Crippen LogP contribution in [-0.4, -0.2) is 115 Å². The third-order valence-electron chi connectivity index (χ3n) is 10.4. The summed E-state index contributed by atoms with van der Waals surface area (Å²) in [4.78, 5) is 74.7. The lowest BCUT2D eigenvalue weighted by Crippen LogP contribution is -2.15. The molecule has 0 fully saturated rings. The summed E-state index contributed by atoms with van der Waals surface area (Å²) in [5.41, 5.74) is 7.60. The highest BCUT2D eigenvalue weighted by Crippen LogP contribution is 2.39. The van der Waals surface area contributed by atoms with Gasteiger partial charge in [-0.1, -0.05) is 57.7 Å². The Bertz CT molecular complexity index is 2200. The van der Waals surface area contributed by atoms with Gasteiger partial charge in [0.05, 0.1) is 79.3 Å². The molecule has 0 amide bonds. The molecule has 3 rings (SSSR count). The zero-order valence-corrected chi connectivity index (χ0v) is 46.5. The van der Waals surface area contributed by atoms with Gasteiger partial charge in [0, 0.05) is 50.5 Å². The van der Waals surface area contributed by atoms with Crippen LogP contribution in [-0.2, 0) is 125 Å². The van der Waals surface area contributed by atoms with Crippen LogP contribution in [0, 0.1) is 0 Å². The van der Waals surface area contributed by atoms with E-state index in [0.717, 1.165) is 0 Å². The maximum Gasteiger partial charge on any atom is 0.333 e. The number of hydrogen-bond donors (Lipinski definition) is 0.